The van der Waals surface area contributed by atoms with Gasteiger partial charge >= 0.3 is 144 Å². The maximum absolute atomic E-state index is 2.45. The minimum atomic E-state index is -0.687. The van der Waals surface area contributed by atoms with Crippen LogP contribution in [-0.2, 0) is 23.2 Å². The molecule has 0 atom stereocenters. The summed E-state index contributed by atoms with van der Waals surface area (Å²) in [6.45, 7) is 19.8. The standard InChI is InChI=1S/C10H15.C9H14B.2ClH.Zr/c1-7-6-10(4,5)9(3)8(7)2;1-9(2,3)10-7-5-4-6-8-10;;;/h1-5H3;4-6H,7H2,1-3H3;2*1H;/q;;;;+2/p-2. The molecule has 1 aliphatic heterocycles. The minimum Gasteiger partial charge on any atom is -1.00 e. The second-order valence-electron chi connectivity index (χ2n) is 8.20. The van der Waals surface area contributed by atoms with Gasteiger partial charge in [-0.2, -0.15) is 0 Å². The molecule has 126 valence electrons. The normalized spacial score (nSPS) is 20.0. The van der Waals surface area contributed by atoms with Crippen LogP contribution in [0.2, 0.25) is 11.6 Å². The van der Waals surface area contributed by atoms with E-state index in [9.17, 15) is 0 Å². The molecule has 0 aromatic carbocycles. The third-order valence-corrected chi connectivity index (χ3v) is 10.6. The van der Waals surface area contributed by atoms with Crippen LogP contribution >= 0.6 is 0 Å². The summed E-state index contributed by atoms with van der Waals surface area (Å²) in [5.74, 6) is 0. The molecule has 0 fully saturated rings. The van der Waals surface area contributed by atoms with Gasteiger partial charge in [0.05, 0.1) is 0 Å². The van der Waals surface area contributed by atoms with Crippen molar-refractivity contribution in [2.24, 2.45) is 5.41 Å². The average Bonchev–Trinajstić information content (AvgIpc) is 2.53. The fraction of sp³-hybridized carbons (Fsp3) is 0.579. The molecule has 1 heterocycles. The van der Waals surface area contributed by atoms with Crippen molar-refractivity contribution in [2.75, 3.05) is 0 Å². The first kappa shape index (κ1) is 23.5. The SMILES string of the molecule is CC1=C(C)C(C)(C)[C]([Zr+2][C]2=CC=CCB2C(C)(C)C)=C1C.[Cl-].[Cl-]. The molecular formula is C19H29BCl2Zr. The van der Waals surface area contributed by atoms with Crippen molar-refractivity contribution in [3.8, 4) is 0 Å². The summed E-state index contributed by atoms with van der Waals surface area (Å²) >= 11 is -0.687. The summed E-state index contributed by atoms with van der Waals surface area (Å²) < 4.78 is 3.59. The molecule has 4 heteroatoms. The van der Waals surface area contributed by atoms with Crippen LogP contribution in [0.1, 0.15) is 55.4 Å². The predicted octanol–water partition coefficient (Wildman–Crippen LogP) is 0.0149. The monoisotopic (exact) mass is 428 g/mol. The van der Waals surface area contributed by atoms with Crippen LogP contribution in [0.25, 0.3) is 0 Å². The van der Waals surface area contributed by atoms with Gasteiger partial charge in [-0.1, -0.05) is 0 Å². The first-order chi connectivity index (χ1) is 9.56. The molecule has 0 saturated carbocycles. The van der Waals surface area contributed by atoms with E-state index in [1.54, 1.807) is 23.2 Å². The number of rotatable bonds is 2. The molecule has 0 spiro atoms. The van der Waals surface area contributed by atoms with Crippen molar-refractivity contribution in [3.05, 3.63) is 41.4 Å². The Balaban J connectivity index is 0.00000242. The Kier molecular flexibility index (Phi) is 8.42. The van der Waals surface area contributed by atoms with Crippen LogP contribution in [-0.4, -0.2) is 6.71 Å². The molecule has 0 aromatic rings. The van der Waals surface area contributed by atoms with Gasteiger partial charge < -0.3 is 24.8 Å². The van der Waals surface area contributed by atoms with Gasteiger partial charge in [-0.15, -0.1) is 0 Å². The van der Waals surface area contributed by atoms with Crippen LogP contribution in [0.5, 0.6) is 0 Å². The molecule has 2 rings (SSSR count). The van der Waals surface area contributed by atoms with Crippen molar-refractivity contribution in [2.45, 2.75) is 67.0 Å². The molecule has 0 unspecified atom stereocenters. The maximum atomic E-state index is 2.45. The van der Waals surface area contributed by atoms with Crippen molar-refractivity contribution >= 4 is 6.71 Å². The zero-order chi connectivity index (χ0) is 16.0. The molecule has 0 radical (unpaired) electrons. The molecular weight excluding hydrogens is 401 g/mol. The fourth-order valence-electron chi connectivity index (χ4n) is 3.57. The second-order valence-corrected chi connectivity index (χ2v) is 11.5. The Morgan fingerprint density at radius 1 is 1.04 bits per heavy atom. The van der Waals surface area contributed by atoms with Gasteiger partial charge in [-0.25, -0.2) is 0 Å². The summed E-state index contributed by atoms with van der Waals surface area (Å²) in [6.07, 6.45) is 8.33. The van der Waals surface area contributed by atoms with Crippen LogP contribution in [0.3, 0.4) is 0 Å². The first-order valence-corrected chi connectivity index (χ1v) is 10.6. The van der Waals surface area contributed by atoms with Crippen LogP contribution < -0.4 is 24.8 Å². The molecule has 2 aliphatic rings. The Bertz CT molecular complexity index is 575. The van der Waals surface area contributed by atoms with E-state index in [2.05, 4.69) is 73.6 Å². The van der Waals surface area contributed by atoms with E-state index in [4.69, 9.17) is 0 Å². The Morgan fingerprint density at radius 3 is 2.04 bits per heavy atom. The predicted molar refractivity (Wildman–Crippen MR) is 92.4 cm³/mol. The zero-order valence-electron chi connectivity index (χ0n) is 15.8. The van der Waals surface area contributed by atoms with E-state index in [0.717, 1.165) is 6.71 Å². The molecule has 0 amide bonds. The van der Waals surface area contributed by atoms with E-state index in [1.165, 1.54) is 6.32 Å². The van der Waals surface area contributed by atoms with Gasteiger partial charge in [0.15, 0.2) is 0 Å². The topological polar surface area (TPSA) is 0 Å². The van der Waals surface area contributed by atoms with Gasteiger partial charge in [-0.05, 0) is 0 Å². The molecule has 0 aromatic heterocycles. The van der Waals surface area contributed by atoms with E-state index in [1.807, 2.05) is 0 Å². The quantitative estimate of drug-likeness (QED) is 0.542. The minimum absolute atomic E-state index is 0. The van der Waals surface area contributed by atoms with Gasteiger partial charge in [0, 0.05) is 0 Å². The zero-order valence-corrected chi connectivity index (χ0v) is 19.7. The number of hydrogen-bond acceptors (Lipinski definition) is 0. The van der Waals surface area contributed by atoms with Gasteiger partial charge in [0.25, 0.3) is 0 Å². The van der Waals surface area contributed by atoms with E-state index in [0.29, 0.717) is 10.7 Å². The van der Waals surface area contributed by atoms with Crippen molar-refractivity contribution in [1.82, 2.24) is 0 Å². The fourth-order valence-corrected chi connectivity index (χ4v) is 8.65. The van der Waals surface area contributed by atoms with Crippen molar-refractivity contribution < 1.29 is 48.0 Å². The van der Waals surface area contributed by atoms with Crippen molar-refractivity contribution in [3.63, 3.8) is 0 Å². The number of hydrogen-bond donors (Lipinski definition) is 0. The molecule has 23 heavy (non-hydrogen) atoms. The average molecular weight is 430 g/mol. The Hall–Kier alpha value is 0.488. The van der Waals surface area contributed by atoms with E-state index in [-0.39, 0.29) is 24.8 Å². The molecule has 1 aliphatic carbocycles. The molecule has 0 N–H and O–H groups in total. The Labute approximate surface area is 167 Å². The maximum Gasteiger partial charge on any atom is -1.00 e. The third kappa shape index (κ3) is 4.56. The van der Waals surface area contributed by atoms with Gasteiger partial charge in [-0.3, -0.25) is 0 Å². The second kappa shape index (κ2) is 8.24. The van der Waals surface area contributed by atoms with Gasteiger partial charge in [0.1, 0.15) is 0 Å². The molecule has 0 saturated heterocycles. The van der Waals surface area contributed by atoms with Crippen LogP contribution in [0.4, 0.5) is 0 Å². The molecule has 0 nitrogen and oxygen atoms in total. The van der Waals surface area contributed by atoms with Crippen molar-refractivity contribution in [1.29, 1.82) is 0 Å². The van der Waals surface area contributed by atoms with E-state index < -0.39 is 23.2 Å². The van der Waals surface area contributed by atoms with Gasteiger partial charge in [0.2, 0.25) is 0 Å². The molecule has 0 bridgehead atoms. The summed E-state index contributed by atoms with van der Waals surface area (Å²) in [5, 5.41) is 0.381. The number of halogens is 2. The summed E-state index contributed by atoms with van der Waals surface area (Å²) in [5.41, 5.74) is 5.04. The number of allylic oxidation sites excluding steroid dienone is 7. The van der Waals surface area contributed by atoms with Crippen LogP contribution in [0.15, 0.2) is 41.4 Å². The summed E-state index contributed by atoms with van der Waals surface area (Å²) in [4.78, 5) is 0. The first-order valence-electron chi connectivity index (χ1n) is 8.10. The van der Waals surface area contributed by atoms with Crippen LogP contribution in [0, 0.1) is 5.41 Å². The third-order valence-electron chi connectivity index (χ3n) is 5.54. The Morgan fingerprint density at radius 2 is 1.61 bits per heavy atom. The smallest absolute Gasteiger partial charge is 1.00 e. The largest absolute Gasteiger partial charge is 1.00 e. The van der Waals surface area contributed by atoms with E-state index >= 15 is 0 Å². The summed E-state index contributed by atoms with van der Waals surface area (Å²) in [6, 6.07) is 0. The summed E-state index contributed by atoms with van der Waals surface area (Å²) in [7, 11) is 0.